The third-order valence-corrected chi connectivity index (χ3v) is 3.47. The summed E-state index contributed by atoms with van der Waals surface area (Å²) in [6.45, 7) is 3.34. The van der Waals surface area contributed by atoms with Crippen LogP contribution in [-0.2, 0) is 0 Å². The predicted molar refractivity (Wildman–Crippen MR) is 65.1 cm³/mol. The molecule has 1 aliphatic rings. The third-order valence-electron chi connectivity index (χ3n) is 3.47. The van der Waals surface area contributed by atoms with Crippen molar-refractivity contribution in [2.75, 3.05) is 25.2 Å². The monoisotopic (exact) mass is 221 g/mol. The van der Waals surface area contributed by atoms with Crippen molar-refractivity contribution < 1.29 is 9.84 Å². The van der Waals surface area contributed by atoms with Crippen LogP contribution in [0.3, 0.4) is 0 Å². The Labute approximate surface area is 96.6 Å². The number of nitrogens with zero attached hydrogens (tertiary/aromatic N) is 1. The minimum Gasteiger partial charge on any atom is -0.497 e. The molecule has 1 atom stereocenters. The molecule has 0 spiro atoms. The first-order valence-corrected chi connectivity index (χ1v) is 5.72. The maximum Gasteiger partial charge on any atom is 0.119 e. The van der Waals surface area contributed by atoms with Crippen LogP contribution in [0.4, 0.5) is 5.69 Å². The molecular formula is C13H19NO2. The Balaban J connectivity index is 2.23. The van der Waals surface area contributed by atoms with Gasteiger partial charge in [0, 0.05) is 12.2 Å². The zero-order valence-electron chi connectivity index (χ0n) is 9.94. The number of benzene rings is 1. The van der Waals surface area contributed by atoms with Crippen molar-refractivity contribution in [2.45, 2.75) is 25.3 Å². The van der Waals surface area contributed by atoms with Crippen molar-refractivity contribution in [1.82, 2.24) is 0 Å². The number of methoxy groups -OCH3 is 1. The second-order valence-corrected chi connectivity index (χ2v) is 4.61. The lowest BCUT2D eigenvalue weighted by Crippen LogP contribution is -2.44. The molecule has 3 heteroatoms. The van der Waals surface area contributed by atoms with Crippen molar-refractivity contribution in [1.29, 1.82) is 0 Å². The van der Waals surface area contributed by atoms with Crippen LogP contribution < -0.4 is 9.64 Å². The Morgan fingerprint density at radius 2 is 2.06 bits per heavy atom. The van der Waals surface area contributed by atoms with Crippen molar-refractivity contribution in [3.05, 3.63) is 24.3 Å². The van der Waals surface area contributed by atoms with Gasteiger partial charge in [0.1, 0.15) is 5.75 Å². The van der Waals surface area contributed by atoms with Gasteiger partial charge in [-0.2, -0.15) is 0 Å². The van der Waals surface area contributed by atoms with Crippen LogP contribution in [0, 0.1) is 0 Å². The molecule has 1 aromatic carbocycles. The Bertz CT molecular complexity index is 349. The van der Waals surface area contributed by atoms with Crippen LogP contribution in [0.5, 0.6) is 5.75 Å². The van der Waals surface area contributed by atoms with Gasteiger partial charge in [0.05, 0.1) is 19.3 Å². The second-order valence-electron chi connectivity index (χ2n) is 4.61. The number of hydrogen-bond acceptors (Lipinski definition) is 3. The number of anilines is 1. The molecule has 2 rings (SSSR count). The van der Waals surface area contributed by atoms with Crippen LogP contribution in [0.15, 0.2) is 24.3 Å². The first-order valence-electron chi connectivity index (χ1n) is 5.72. The molecule has 1 aromatic rings. The number of aliphatic hydroxyl groups excluding tert-OH is 1. The molecule has 1 fully saturated rings. The minimum atomic E-state index is -0.103. The first-order chi connectivity index (χ1) is 7.69. The maximum atomic E-state index is 9.49. The summed E-state index contributed by atoms with van der Waals surface area (Å²) in [7, 11) is 1.67. The van der Waals surface area contributed by atoms with Gasteiger partial charge in [-0.15, -0.1) is 0 Å². The SMILES string of the molecule is COc1ccc(N2CCC[C@@]2(C)CO)cc1. The number of aliphatic hydroxyl groups is 1. The summed E-state index contributed by atoms with van der Waals surface area (Å²) in [5, 5.41) is 9.49. The molecule has 3 nitrogen and oxygen atoms in total. The summed E-state index contributed by atoms with van der Waals surface area (Å²) in [6, 6.07) is 8.03. The van der Waals surface area contributed by atoms with Gasteiger partial charge in [0.2, 0.25) is 0 Å². The fourth-order valence-electron chi connectivity index (χ4n) is 2.39. The molecule has 88 valence electrons. The fraction of sp³-hybridized carbons (Fsp3) is 0.538. The topological polar surface area (TPSA) is 32.7 Å². The summed E-state index contributed by atoms with van der Waals surface area (Å²) < 4.78 is 5.14. The van der Waals surface area contributed by atoms with Gasteiger partial charge in [-0.3, -0.25) is 0 Å². The Morgan fingerprint density at radius 1 is 1.38 bits per heavy atom. The van der Waals surface area contributed by atoms with Crippen LogP contribution in [-0.4, -0.2) is 30.9 Å². The van der Waals surface area contributed by atoms with Crippen LogP contribution in [0.1, 0.15) is 19.8 Å². The van der Waals surface area contributed by atoms with E-state index in [4.69, 9.17) is 4.74 Å². The van der Waals surface area contributed by atoms with Crippen molar-refractivity contribution in [3.63, 3.8) is 0 Å². The summed E-state index contributed by atoms with van der Waals surface area (Å²) in [4.78, 5) is 2.28. The predicted octanol–water partition coefficient (Wildman–Crippen LogP) is 2.05. The lowest BCUT2D eigenvalue weighted by Gasteiger charge is -2.35. The van der Waals surface area contributed by atoms with Crippen molar-refractivity contribution in [3.8, 4) is 5.75 Å². The third kappa shape index (κ3) is 1.87. The summed E-state index contributed by atoms with van der Waals surface area (Å²) in [6.07, 6.45) is 2.19. The molecule has 0 saturated carbocycles. The van der Waals surface area contributed by atoms with Gasteiger partial charge in [0.15, 0.2) is 0 Å². The maximum absolute atomic E-state index is 9.49. The van der Waals surface area contributed by atoms with E-state index in [9.17, 15) is 5.11 Å². The molecule has 0 aromatic heterocycles. The normalized spacial score (nSPS) is 24.8. The number of rotatable bonds is 3. The molecule has 16 heavy (non-hydrogen) atoms. The highest BCUT2D eigenvalue weighted by Gasteiger charge is 2.35. The molecular weight excluding hydrogens is 202 g/mol. The zero-order valence-corrected chi connectivity index (χ0v) is 9.94. The van der Waals surface area contributed by atoms with E-state index in [0.717, 1.165) is 30.8 Å². The van der Waals surface area contributed by atoms with E-state index in [1.54, 1.807) is 7.11 Å². The van der Waals surface area contributed by atoms with E-state index in [2.05, 4.69) is 24.0 Å². The minimum absolute atomic E-state index is 0.103. The summed E-state index contributed by atoms with van der Waals surface area (Å²) in [5.41, 5.74) is 1.06. The smallest absolute Gasteiger partial charge is 0.119 e. The quantitative estimate of drug-likeness (QED) is 0.848. The highest BCUT2D eigenvalue weighted by atomic mass is 16.5. The Kier molecular flexibility index (Phi) is 3.06. The molecule has 1 N–H and O–H groups in total. The summed E-state index contributed by atoms with van der Waals surface area (Å²) in [5.74, 6) is 0.869. The molecule has 0 amide bonds. The van der Waals surface area contributed by atoms with Gasteiger partial charge in [-0.05, 0) is 44.0 Å². The van der Waals surface area contributed by atoms with Crippen LogP contribution >= 0.6 is 0 Å². The fourth-order valence-corrected chi connectivity index (χ4v) is 2.39. The first kappa shape index (κ1) is 11.3. The van der Waals surface area contributed by atoms with Crippen molar-refractivity contribution >= 4 is 5.69 Å². The highest BCUT2D eigenvalue weighted by molar-refractivity contribution is 5.52. The number of ether oxygens (including phenoxy) is 1. The molecule has 1 saturated heterocycles. The lowest BCUT2D eigenvalue weighted by atomic mass is 10.00. The van der Waals surface area contributed by atoms with Gasteiger partial charge >= 0.3 is 0 Å². The Morgan fingerprint density at radius 3 is 2.62 bits per heavy atom. The van der Waals surface area contributed by atoms with Crippen LogP contribution in [0.25, 0.3) is 0 Å². The van der Waals surface area contributed by atoms with Gasteiger partial charge < -0.3 is 14.7 Å². The largest absolute Gasteiger partial charge is 0.497 e. The molecule has 1 heterocycles. The highest BCUT2D eigenvalue weighted by Crippen LogP contribution is 2.34. The molecule has 1 aliphatic heterocycles. The molecule has 0 unspecified atom stereocenters. The number of hydrogen-bond donors (Lipinski definition) is 1. The van der Waals surface area contributed by atoms with Crippen molar-refractivity contribution in [2.24, 2.45) is 0 Å². The van der Waals surface area contributed by atoms with E-state index < -0.39 is 0 Å². The standard InChI is InChI=1S/C13H19NO2/c1-13(10-15)8-3-9-14(13)11-4-6-12(16-2)7-5-11/h4-7,15H,3,8-10H2,1-2H3/t13-/m0/s1. The Hall–Kier alpha value is -1.22. The van der Waals surface area contributed by atoms with E-state index in [1.165, 1.54) is 0 Å². The second kappa shape index (κ2) is 4.34. The van der Waals surface area contributed by atoms with E-state index in [-0.39, 0.29) is 12.1 Å². The molecule has 0 radical (unpaired) electrons. The van der Waals surface area contributed by atoms with E-state index in [0.29, 0.717) is 0 Å². The van der Waals surface area contributed by atoms with E-state index >= 15 is 0 Å². The molecule has 0 bridgehead atoms. The zero-order chi connectivity index (χ0) is 11.6. The van der Waals surface area contributed by atoms with Crippen LogP contribution in [0.2, 0.25) is 0 Å². The average molecular weight is 221 g/mol. The van der Waals surface area contributed by atoms with Gasteiger partial charge in [-0.25, -0.2) is 0 Å². The lowest BCUT2D eigenvalue weighted by molar-refractivity contribution is 0.210. The summed E-state index contributed by atoms with van der Waals surface area (Å²) >= 11 is 0. The molecule has 0 aliphatic carbocycles. The average Bonchev–Trinajstić information content (AvgIpc) is 2.72. The van der Waals surface area contributed by atoms with Gasteiger partial charge in [-0.1, -0.05) is 0 Å². The van der Waals surface area contributed by atoms with Gasteiger partial charge in [0.25, 0.3) is 0 Å². The van der Waals surface area contributed by atoms with E-state index in [1.807, 2.05) is 12.1 Å².